The van der Waals surface area contributed by atoms with Gasteiger partial charge in [-0.2, -0.15) is 5.10 Å². The van der Waals surface area contributed by atoms with E-state index in [1.54, 1.807) is 4.68 Å². The average molecular weight is 377 g/mol. The molecule has 1 N–H and O–H groups in total. The summed E-state index contributed by atoms with van der Waals surface area (Å²) < 4.78 is 1.71. The molecule has 0 aliphatic heterocycles. The van der Waals surface area contributed by atoms with E-state index in [9.17, 15) is 4.79 Å². The van der Waals surface area contributed by atoms with Gasteiger partial charge in [-0.1, -0.05) is 30.3 Å². The third-order valence-electron chi connectivity index (χ3n) is 4.53. The van der Waals surface area contributed by atoms with Gasteiger partial charge in [-0.3, -0.25) is 14.8 Å². The van der Waals surface area contributed by atoms with Crippen molar-refractivity contribution in [1.82, 2.24) is 19.7 Å². The standard InChI is InChI=1S/C20H19N5OS/c1-11-13(3)27-20(21-11)23-19(26)15-10-16(14-8-6-5-7-9-14)22-18-17(15)12(2)24-25(18)4/h5-10H,1-4H3,(H,21,23,26). The molecule has 0 bridgehead atoms. The molecule has 0 saturated carbocycles. The van der Waals surface area contributed by atoms with Crippen molar-refractivity contribution in [2.45, 2.75) is 20.8 Å². The molecular formula is C20H19N5OS. The Morgan fingerprint density at radius 2 is 1.81 bits per heavy atom. The van der Waals surface area contributed by atoms with E-state index in [4.69, 9.17) is 4.98 Å². The van der Waals surface area contributed by atoms with Crippen LogP contribution in [0.5, 0.6) is 0 Å². The van der Waals surface area contributed by atoms with E-state index in [1.807, 2.05) is 64.2 Å². The predicted octanol–water partition coefficient (Wildman–Crippen LogP) is 4.27. The Hall–Kier alpha value is -3.06. The summed E-state index contributed by atoms with van der Waals surface area (Å²) in [5.74, 6) is -0.204. The third-order valence-corrected chi connectivity index (χ3v) is 5.52. The number of hydrogen-bond donors (Lipinski definition) is 1. The van der Waals surface area contributed by atoms with Gasteiger partial charge < -0.3 is 0 Å². The highest BCUT2D eigenvalue weighted by atomic mass is 32.1. The van der Waals surface area contributed by atoms with E-state index in [1.165, 1.54) is 11.3 Å². The molecule has 0 unspecified atom stereocenters. The highest BCUT2D eigenvalue weighted by molar-refractivity contribution is 7.15. The number of aromatic nitrogens is 4. The second-order valence-corrected chi connectivity index (χ2v) is 7.65. The van der Waals surface area contributed by atoms with Crippen molar-refractivity contribution in [2.75, 3.05) is 5.32 Å². The number of thiazole rings is 1. The zero-order valence-electron chi connectivity index (χ0n) is 15.6. The van der Waals surface area contributed by atoms with Gasteiger partial charge in [-0.05, 0) is 26.8 Å². The molecule has 6 nitrogen and oxygen atoms in total. The summed E-state index contributed by atoms with van der Waals surface area (Å²) in [6.07, 6.45) is 0. The van der Waals surface area contributed by atoms with Gasteiger partial charge in [-0.25, -0.2) is 9.97 Å². The maximum atomic E-state index is 13.1. The molecule has 1 amide bonds. The summed E-state index contributed by atoms with van der Waals surface area (Å²) in [7, 11) is 1.84. The molecule has 0 fully saturated rings. The number of pyridine rings is 1. The molecule has 0 radical (unpaired) electrons. The Bertz CT molecular complexity index is 1140. The van der Waals surface area contributed by atoms with Gasteiger partial charge in [-0.15, -0.1) is 11.3 Å². The molecule has 1 aromatic carbocycles. The number of fused-ring (bicyclic) bond motifs is 1. The summed E-state index contributed by atoms with van der Waals surface area (Å²) in [4.78, 5) is 23.3. The van der Waals surface area contributed by atoms with Gasteiger partial charge in [0.05, 0.1) is 28.0 Å². The maximum Gasteiger partial charge on any atom is 0.258 e. The van der Waals surface area contributed by atoms with Gasteiger partial charge >= 0.3 is 0 Å². The number of carbonyl (C=O) groups excluding carboxylic acids is 1. The van der Waals surface area contributed by atoms with Crippen LogP contribution in [0.3, 0.4) is 0 Å². The van der Waals surface area contributed by atoms with Gasteiger partial charge in [0.2, 0.25) is 0 Å². The summed E-state index contributed by atoms with van der Waals surface area (Å²) in [6, 6.07) is 11.7. The Morgan fingerprint density at radius 1 is 1.07 bits per heavy atom. The van der Waals surface area contributed by atoms with Crippen molar-refractivity contribution in [3.63, 3.8) is 0 Å². The summed E-state index contributed by atoms with van der Waals surface area (Å²) in [5, 5.41) is 8.75. The van der Waals surface area contributed by atoms with Crippen molar-refractivity contribution in [2.24, 2.45) is 7.05 Å². The molecule has 4 rings (SSSR count). The van der Waals surface area contributed by atoms with Crippen LogP contribution in [-0.4, -0.2) is 25.7 Å². The Balaban J connectivity index is 1.86. The van der Waals surface area contributed by atoms with Gasteiger partial charge in [0.15, 0.2) is 10.8 Å². The summed E-state index contributed by atoms with van der Waals surface area (Å²) in [5.41, 5.74) is 4.63. The van der Waals surface area contributed by atoms with Crippen molar-refractivity contribution >= 4 is 33.4 Å². The highest BCUT2D eigenvalue weighted by Gasteiger charge is 2.20. The van der Waals surface area contributed by atoms with E-state index in [2.05, 4.69) is 15.4 Å². The lowest BCUT2D eigenvalue weighted by atomic mass is 10.1. The van der Waals surface area contributed by atoms with Crippen LogP contribution in [0.2, 0.25) is 0 Å². The van der Waals surface area contributed by atoms with Gasteiger partial charge in [0, 0.05) is 17.5 Å². The number of amides is 1. The van der Waals surface area contributed by atoms with E-state index in [0.717, 1.165) is 32.9 Å². The summed E-state index contributed by atoms with van der Waals surface area (Å²) >= 11 is 1.47. The number of carbonyl (C=O) groups is 1. The molecule has 7 heteroatoms. The fraction of sp³-hybridized carbons (Fsp3) is 0.200. The van der Waals surface area contributed by atoms with Crippen molar-refractivity contribution in [1.29, 1.82) is 0 Å². The summed E-state index contributed by atoms with van der Waals surface area (Å²) in [6.45, 7) is 5.82. The first kappa shape index (κ1) is 17.4. The second kappa shape index (κ2) is 6.59. The van der Waals surface area contributed by atoms with E-state index < -0.39 is 0 Å². The minimum atomic E-state index is -0.204. The van der Waals surface area contributed by atoms with Crippen LogP contribution in [0.25, 0.3) is 22.3 Å². The van der Waals surface area contributed by atoms with Crippen LogP contribution < -0.4 is 5.32 Å². The lowest BCUT2D eigenvalue weighted by molar-refractivity contribution is 0.102. The first-order valence-electron chi connectivity index (χ1n) is 8.59. The molecule has 27 heavy (non-hydrogen) atoms. The number of anilines is 1. The van der Waals surface area contributed by atoms with Crippen LogP contribution >= 0.6 is 11.3 Å². The molecular weight excluding hydrogens is 358 g/mol. The Morgan fingerprint density at radius 3 is 2.48 bits per heavy atom. The fourth-order valence-electron chi connectivity index (χ4n) is 3.07. The molecule has 3 aromatic heterocycles. The predicted molar refractivity (Wildman–Crippen MR) is 108 cm³/mol. The molecule has 3 heterocycles. The number of nitrogens with one attached hydrogen (secondary N) is 1. The smallest absolute Gasteiger partial charge is 0.258 e. The number of aryl methyl sites for hydroxylation is 4. The van der Waals surface area contributed by atoms with Gasteiger partial charge in [0.25, 0.3) is 5.91 Å². The number of benzene rings is 1. The van der Waals surface area contributed by atoms with E-state index >= 15 is 0 Å². The third kappa shape index (κ3) is 3.10. The van der Waals surface area contributed by atoms with Crippen molar-refractivity contribution in [3.8, 4) is 11.3 Å². The maximum absolute atomic E-state index is 13.1. The monoisotopic (exact) mass is 377 g/mol. The number of rotatable bonds is 3. The highest BCUT2D eigenvalue weighted by Crippen LogP contribution is 2.28. The quantitative estimate of drug-likeness (QED) is 0.579. The molecule has 0 atom stereocenters. The fourth-order valence-corrected chi connectivity index (χ4v) is 3.88. The minimum absolute atomic E-state index is 0.204. The molecule has 136 valence electrons. The lowest BCUT2D eigenvalue weighted by Gasteiger charge is -2.08. The zero-order chi connectivity index (χ0) is 19.1. The Labute approximate surface area is 160 Å². The topological polar surface area (TPSA) is 72.7 Å². The van der Waals surface area contributed by atoms with Crippen molar-refractivity contribution in [3.05, 3.63) is 58.2 Å². The van der Waals surface area contributed by atoms with E-state index in [0.29, 0.717) is 16.3 Å². The number of hydrogen-bond acceptors (Lipinski definition) is 5. The average Bonchev–Trinajstić information content (AvgIpc) is 3.13. The first-order chi connectivity index (χ1) is 12.9. The lowest BCUT2D eigenvalue weighted by Crippen LogP contribution is -2.13. The van der Waals surface area contributed by atoms with Crippen LogP contribution in [0.1, 0.15) is 26.6 Å². The second-order valence-electron chi connectivity index (χ2n) is 6.44. The molecule has 4 aromatic rings. The van der Waals surface area contributed by atoms with Crippen LogP contribution in [0.4, 0.5) is 5.13 Å². The number of nitrogens with zero attached hydrogens (tertiary/aromatic N) is 4. The SMILES string of the molecule is Cc1nc(NC(=O)c2cc(-c3ccccc3)nc3c2c(C)nn3C)sc1C. The molecule has 0 aliphatic rings. The van der Waals surface area contributed by atoms with Crippen LogP contribution in [0.15, 0.2) is 36.4 Å². The molecule has 0 saturated heterocycles. The van der Waals surface area contributed by atoms with Gasteiger partial charge in [0.1, 0.15) is 0 Å². The first-order valence-corrected chi connectivity index (χ1v) is 9.41. The molecule has 0 aliphatic carbocycles. The Kier molecular flexibility index (Phi) is 4.24. The van der Waals surface area contributed by atoms with E-state index in [-0.39, 0.29) is 5.91 Å². The zero-order valence-corrected chi connectivity index (χ0v) is 16.4. The minimum Gasteiger partial charge on any atom is -0.298 e. The largest absolute Gasteiger partial charge is 0.298 e. The van der Waals surface area contributed by atoms with Crippen molar-refractivity contribution < 1.29 is 4.79 Å². The molecule has 0 spiro atoms. The normalized spacial score (nSPS) is 11.1. The van der Waals surface area contributed by atoms with Crippen LogP contribution in [0, 0.1) is 20.8 Å². The van der Waals surface area contributed by atoms with Crippen LogP contribution in [-0.2, 0) is 7.05 Å².